The third-order valence-corrected chi connectivity index (χ3v) is 4.87. The fourth-order valence-electron chi connectivity index (χ4n) is 3.22. The van der Waals surface area contributed by atoms with E-state index in [9.17, 15) is 4.79 Å². The van der Waals surface area contributed by atoms with Crippen LogP contribution < -0.4 is 10.2 Å². The zero-order valence-electron chi connectivity index (χ0n) is 12.7. The quantitative estimate of drug-likeness (QED) is 0.878. The fourth-order valence-corrected chi connectivity index (χ4v) is 3.71. The summed E-state index contributed by atoms with van der Waals surface area (Å²) in [6.45, 7) is 8.56. The fraction of sp³-hybridized carbons (Fsp3) is 0.562. The van der Waals surface area contributed by atoms with Crippen molar-refractivity contribution in [2.75, 3.05) is 18.4 Å². The predicted octanol–water partition coefficient (Wildman–Crippen LogP) is 2.88. The van der Waals surface area contributed by atoms with Crippen molar-refractivity contribution in [3.63, 3.8) is 0 Å². The maximum atomic E-state index is 12.5. The number of carbonyl (C=O) groups is 1. The lowest BCUT2D eigenvalue weighted by Crippen LogP contribution is -3.18. The van der Waals surface area contributed by atoms with Gasteiger partial charge in [0.25, 0.3) is 5.91 Å². The molecule has 3 nitrogen and oxygen atoms in total. The normalized spacial score (nSPS) is 27.2. The molecule has 1 amide bonds. The number of hydrogen-bond donors (Lipinski definition) is 2. The maximum Gasteiger partial charge on any atom is 0.282 e. The highest BCUT2D eigenvalue weighted by Gasteiger charge is 2.32. The molecule has 1 aliphatic rings. The first-order chi connectivity index (χ1) is 9.88. The summed E-state index contributed by atoms with van der Waals surface area (Å²) in [7, 11) is 0. The predicted molar refractivity (Wildman–Crippen MR) is 88.2 cm³/mol. The zero-order chi connectivity index (χ0) is 15.6. The van der Waals surface area contributed by atoms with Gasteiger partial charge in [-0.3, -0.25) is 4.79 Å². The highest BCUT2D eigenvalue weighted by Crippen LogP contribution is 2.29. The first-order valence-corrected chi connectivity index (χ1v) is 8.23. The Bertz CT molecular complexity index is 491. The molecule has 5 heteroatoms. The summed E-state index contributed by atoms with van der Waals surface area (Å²) in [6.07, 6.45) is 1.24. The number of amides is 1. The molecule has 1 aromatic carbocycles. The van der Waals surface area contributed by atoms with Crippen molar-refractivity contribution in [2.45, 2.75) is 33.2 Å². The molecule has 21 heavy (non-hydrogen) atoms. The third kappa shape index (κ3) is 4.12. The van der Waals surface area contributed by atoms with Crippen molar-refractivity contribution < 1.29 is 9.69 Å². The number of hydrogen-bond acceptors (Lipinski definition) is 1. The molecular weight excluding hydrogens is 307 g/mol. The van der Waals surface area contributed by atoms with Gasteiger partial charge in [0.05, 0.1) is 28.8 Å². The number of anilines is 1. The second kappa shape index (κ2) is 6.99. The molecule has 0 unspecified atom stereocenters. The molecule has 3 atom stereocenters. The van der Waals surface area contributed by atoms with E-state index in [-0.39, 0.29) is 11.9 Å². The molecule has 1 fully saturated rings. The van der Waals surface area contributed by atoms with Gasteiger partial charge in [-0.15, -0.1) is 0 Å². The first kappa shape index (κ1) is 16.6. The molecule has 0 radical (unpaired) electrons. The van der Waals surface area contributed by atoms with Gasteiger partial charge in [-0.05, 0) is 25.5 Å². The highest BCUT2D eigenvalue weighted by molar-refractivity contribution is 6.39. The van der Waals surface area contributed by atoms with Crippen LogP contribution >= 0.6 is 23.2 Å². The summed E-state index contributed by atoms with van der Waals surface area (Å²) in [5, 5.41) is 3.82. The van der Waals surface area contributed by atoms with E-state index in [0.717, 1.165) is 13.1 Å². The number of carbonyl (C=O) groups excluding carboxylic acids is 1. The molecule has 0 aliphatic carbocycles. The van der Waals surface area contributed by atoms with Crippen LogP contribution in [0.4, 0.5) is 5.69 Å². The number of benzene rings is 1. The Balaban J connectivity index is 2.06. The van der Waals surface area contributed by atoms with E-state index < -0.39 is 0 Å². The largest absolute Gasteiger partial charge is 0.324 e. The second-order valence-electron chi connectivity index (χ2n) is 6.32. The van der Waals surface area contributed by atoms with Gasteiger partial charge < -0.3 is 10.2 Å². The van der Waals surface area contributed by atoms with Crippen LogP contribution in [0.3, 0.4) is 0 Å². The van der Waals surface area contributed by atoms with Crippen LogP contribution in [0.5, 0.6) is 0 Å². The standard InChI is InChI=1S/C16H22Cl2N2O/c1-10-7-11(2)9-20(8-10)12(3)16(21)19-15-13(17)5-4-6-14(15)18/h4-6,10-12H,7-9H2,1-3H3,(H,19,21)/p+1/t10-,11-,12+/m1/s1. The van der Waals surface area contributed by atoms with E-state index in [0.29, 0.717) is 27.6 Å². The Labute approximate surface area is 136 Å². The van der Waals surface area contributed by atoms with Gasteiger partial charge in [0.15, 0.2) is 6.04 Å². The lowest BCUT2D eigenvalue weighted by atomic mass is 9.91. The monoisotopic (exact) mass is 329 g/mol. The summed E-state index contributed by atoms with van der Waals surface area (Å²) >= 11 is 12.2. The molecule has 2 rings (SSSR count). The number of likely N-dealkylation sites (tertiary alicyclic amines) is 1. The van der Waals surface area contributed by atoms with E-state index in [2.05, 4.69) is 19.2 Å². The van der Waals surface area contributed by atoms with E-state index >= 15 is 0 Å². The van der Waals surface area contributed by atoms with Crippen LogP contribution in [0.2, 0.25) is 10.0 Å². The second-order valence-corrected chi connectivity index (χ2v) is 7.13. The number of quaternary nitrogens is 1. The first-order valence-electron chi connectivity index (χ1n) is 7.48. The van der Waals surface area contributed by atoms with Crippen LogP contribution in [-0.2, 0) is 4.79 Å². The minimum atomic E-state index is -0.109. The Morgan fingerprint density at radius 2 is 1.76 bits per heavy atom. The van der Waals surface area contributed by atoms with Gasteiger partial charge in [0.2, 0.25) is 0 Å². The van der Waals surface area contributed by atoms with E-state index in [1.165, 1.54) is 11.3 Å². The van der Waals surface area contributed by atoms with Crippen LogP contribution in [0, 0.1) is 11.8 Å². The summed E-state index contributed by atoms with van der Waals surface area (Å²) in [4.78, 5) is 13.8. The summed E-state index contributed by atoms with van der Waals surface area (Å²) < 4.78 is 0. The maximum absolute atomic E-state index is 12.5. The van der Waals surface area contributed by atoms with Gasteiger partial charge >= 0.3 is 0 Å². The molecule has 2 N–H and O–H groups in total. The minimum Gasteiger partial charge on any atom is -0.324 e. The highest BCUT2D eigenvalue weighted by atomic mass is 35.5. The van der Waals surface area contributed by atoms with E-state index in [1.54, 1.807) is 18.2 Å². The summed E-state index contributed by atoms with van der Waals surface area (Å²) in [5.74, 6) is 1.28. The summed E-state index contributed by atoms with van der Waals surface area (Å²) in [6, 6.07) is 5.11. The van der Waals surface area contributed by atoms with Crippen molar-refractivity contribution in [1.82, 2.24) is 0 Å². The molecule has 1 aromatic rings. The number of rotatable bonds is 3. The van der Waals surface area contributed by atoms with Crippen molar-refractivity contribution in [3.8, 4) is 0 Å². The molecule has 1 aliphatic heterocycles. The van der Waals surface area contributed by atoms with Gasteiger partial charge in [0, 0.05) is 11.8 Å². The molecule has 116 valence electrons. The molecule has 1 heterocycles. The smallest absolute Gasteiger partial charge is 0.282 e. The van der Waals surface area contributed by atoms with Crippen molar-refractivity contribution in [1.29, 1.82) is 0 Å². The van der Waals surface area contributed by atoms with Crippen LogP contribution in [0.1, 0.15) is 27.2 Å². The molecular formula is C16H23Cl2N2O+. The Morgan fingerprint density at radius 3 is 2.29 bits per heavy atom. The zero-order valence-corrected chi connectivity index (χ0v) is 14.3. The van der Waals surface area contributed by atoms with E-state index in [1.807, 2.05) is 6.92 Å². The lowest BCUT2D eigenvalue weighted by Gasteiger charge is -2.35. The van der Waals surface area contributed by atoms with Crippen molar-refractivity contribution >= 4 is 34.8 Å². The third-order valence-electron chi connectivity index (χ3n) is 4.24. The van der Waals surface area contributed by atoms with Gasteiger partial charge in [-0.25, -0.2) is 0 Å². The Hall–Kier alpha value is -0.770. The Kier molecular flexibility index (Phi) is 5.53. The topological polar surface area (TPSA) is 33.5 Å². The average molecular weight is 330 g/mol. The minimum absolute atomic E-state index is 0.0266. The average Bonchev–Trinajstić information content (AvgIpc) is 2.41. The number of nitrogens with one attached hydrogen (secondary N) is 2. The van der Waals surface area contributed by atoms with Gasteiger partial charge in [-0.1, -0.05) is 43.1 Å². The van der Waals surface area contributed by atoms with Gasteiger partial charge in [0.1, 0.15) is 0 Å². The van der Waals surface area contributed by atoms with Crippen molar-refractivity contribution in [3.05, 3.63) is 28.2 Å². The van der Waals surface area contributed by atoms with Crippen LogP contribution in [-0.4, -0.2) is 25.0 Å². The molecule has 1 saturated heterocycles. The van der Waals surface area contributed by atoms with Crippen LogP contribution in [0.25, 0.3) is 0 Å². The SMILES string of the molecule is C[C@@H]1C[C@@H](C)C[NH+]([C@@H](C)C(=O)Nc2c(Cl)cccc2Cl)C1. The molecule has 0 aromatic heterocycles. The van der Waals surface area contributed by atoms with Gasteiger partial charge in [-0.2, -0.15) is 0 Å². The molecule has 0 saturated carbocycles. The number of piperidine rings is 1. The molecule has 0 bridgehead atoms. The number of para-hydroxylation sites is 1. The van der Waals surface area contributed by atoms with Crippen molar-refractivity contribution in [2.24, 2.45) is 11.8 Å². The van der Waals surface area contributed by atoms with E-state index in [4.69, 9.17) is 23.2 Å². The number of halogens is 2. The van der Waals surface area contributed by atoms with Crippen LogP contribution in [0.15, 0.2) is 18.2 Å². The summed E-state index contributed by atoms with van der Waals surface area (Å²) in [5.41, 5.74) is 0.509. The lowest BCUT2D eigenvalue weighted by molar-refractivity contribution is -0.925. The Morgan fingerprint density at radius 1 is 1.24 bits per heavy atom. The molecule has 0 spiro atoms.